The van der Waals surface area contributed by atoms with Crippen LogP contribution in [0.5, 0.6) is 0 Å². The Morgan fingerprint density at radius 3 is 2.85 bits per heavy atom. The summed E-state index contributed by atoms with van der Waals surface area (Å²) in [5.74, 6) is 1.29. The van der Waals surface area contributed by atoms with Crippen LogP contribution < -0.4 is 5.73 Å². The second-order valence-corrected chi connectivity index (χ2v) is 4.25. The molecule has 2 rings (SSSR count). The van der Waals surface area contributed by atoms with Gasteiger partial charge in [0.2, 0.25) is 0 Å². The van der Waals surface area contributed by atoms with Crippen molar-refractivity contribution in [2.45, 2.75) is 12.5 Å². The number of hydrogen-bond donors (Lipinski definition) is 3. The topological polar surface area (TPSA) is 122 Å². The Bertz CT molecular complexity index is 742. The monoisotopic (exact) mass is 273 g/mol. The van der Waals surface area contributed by atoms with Crippen molar-refractivity contribution in [1.29, 1.82) is 0 Å². The number of nitrogens with two attached hydrogens (primary N) is 1. The van der Waals surface area contributed by atoms with Gasteiger partial charge in [-0.2, -0.15) is 0 Å². The number of benzene rings is 1. The van der Waals surface area contributed by atoms with E-state index in [1.54, 1.807) is 0 Å². The molecule has 0 saturated carbocycles. The highest BCUT2D eigenvalue weighted by Crippen LogP contribution is 2.30. The van der Waals surface area contributed by atoms with E-state index in [1.165, 1.54) is 18.3 Å². The maximum atomic E-state index is 11.0. The Labute approximate surface area is 113 Å². The van der Waals surface area contributed by atoms with Crippen molar-refractivity contribution < 1.29 is 14.8 Å². The van der Waals surface area contributed by atoms with Gasteiger partial charge in [0.1, 0.15) is 11.6 Å². The van der Waals surface area contributed by atoms with Crippen LogP contribution in [0.3, 0.4) is 0 Å². The third kappa shape index (κ3) is 2.20. The number of carbonyl (C=O) groups is 1. The number of nitrogens with one attached hydrogen (secondary N) is 1. The van der Waals surface area contributed by atoms with Gasteiger partial charge in [0, 0.05) is 29.6 Å². The fourth-order valence-corrected chi connectivity index (χ4v) is 2.06. The first-order valence-electron chi connectivity index (χ1n) is 5.68. The average molecular weight is 273 g/mol. The predicted molar refractivity (Wildman–Crippen MR) is 72.2 cm³/mol. The van der Waals surface area contributed by atoms with Gasteiger partial charge in [-0.25, -0.2) is 0 Å². The number of nitro groups is 1. The average Bonchev–Trinajstić information content (AvgIpc) is 2.81. The molecule has 2 aromatic rings. The number of rotatable bonds is 4. The smallest absolute Gasteiger partial charge is 0.320 e. The van der Waals surface area contributed by atoms with E-state index >= 15 is 0 Å². The first kappa shape index (κ1) is 13.6. The van der Waals surface area contributed by atoms with E-state index in [0.717, 1.165) is 0 Å². The Morgan fingerprint density at radius 2 is 2.30 bits per heavy atom. The van der Waals surface area contributed by atoms with Gasteiger partial charge in [0.15, 0.2) is 0 Å². The lowest BCUT2D eigenvalue weighted by molar-refractivity contribution is -0.383. The summed E-state index contributed by atoms with van der Waals surface area (Å²) in [7, 11) is 0. The van der Waals surface area contributed by atoms with Crippen LogP contribution >= 0.6 is 0 Å². The summed E-state index contributed by atoms with van der Waals surface area (Å²) in [5.41, 5.74) is 6.65. The molecular formula is C13H11N3O4. The zero-order valence-corrected chi connectivity index (χ0v) is 10.3. The third-order valence-corrected chi connectivity index (χ3v) is 3.00. The number of hydrogen-bond acceptors (Lipinski definition) is 4. The largest absolute Gasteiger partial charge is 0.480 e. The molecule has 20 heavy (non-hydrogen) atoms. The number of aliphatic carboxylic acids is 1. The maximum absolute atomic E-state index is 11.0. The molecule has 1 aromatic carbocycles. The van der Waals surface area contributed by atoms with Gasteiger partial charge in [0.25, 0.3) is 5.69 Å². The van der Waals surface area contributed by atoms with Crippen molar-refractivity contribution in [3.63, 3.8) is 0 Å². The number of H-pyrrole nitrogens is 1. The molecule has 0 aliphatic heterocycles. The van der Waals surface area contributed by atoms with Crippen molar-refractivity contribution in [1.82, 2.24) is 4.98 Å². The molecule has 0 bridgehead atoms. The zero-order valence-electron chi connectivity index (χ0n) is 10.3. The molecule has 0 aliphatic carbocycles. The number of fused-ring (bicyclic) bond motifs is 1. The highest BCUT2D eigenvalue weighted by Gasteiger charge is 2.21. The molecule has 0 spiro atoms. The van der Waals surface area contributed by atoms with Crippen LogP contribution in [0.1, 0.15) is 11.1 Å². The van der Waals surface area contributed by atoms with E-state index in [9.17, 15) is 14.9 Å². The summed E-state index contributed by atoms with van der Waals surface area (Å²) in [6.45, 7) is 0. The standard InChI is InChI=1S/C13H11N3O4/c1-2-7-3-4-10(16(19)20)12-11(7)8(6-15-12)5-9(14)13(17)18/h1,3-4,6,9,15H,5,14H2,(H,17,18)/t9-/m0/s1. The Kier molecular flexibility index (Phi) is 3.41. The van der Waals surface area contributed by atoms with Crippen molar-refractivity contribution in [3.8, 4) is 12.3 Å². The second-order valence-electron chi connectivity index (χ2n) is 4.25. The van der Waals surface area contributed by atoms with E-state index in [1.807, 2.05) is 0 Å². The number of carboxylic acid groups (broad SMARTS) is 1. The number of nitro benzene ring substituents is 1. The van der Waals surface area contributed by atoms with Crippen LogP contribution in [0.25, 0.3) is 10.9 Å². The van der Waals surface area contributed by atoms with Crippen molar-refractivity contribution in [2.75, 3.05) is 0 Å². The number of carboxylic acids is 1. The summed E-state index contributed by atoms with van der Waals surface area (Å²) < 4.78 is 0. The molecule has 7 nitrogen and oxygen atoms in total. The van der Waals surface area contributed by atoms with E-state index in [2.05, 4.69) is 10.9 Å². The minimum atomic E-state index is -1.15. The number of terminal acetylenes is 1. The quantitative estimate of drug-likeness (QED) is 0.436. The molecule has 4 N–H and O–H groups in total. The predicted octanol–water partition coefficient (Wildman–Crippen LogP) is 1.01. The number of nitrogens with zero attached hydrogens (tertiary/aromatic N) is 1. The minimum absolute atomic E-state index is 0.0329. The highest BCUT2D eigenvalue weighted by molar-refractivity contribution is 5.95. The molecule has 0 fully saturated rings. The summed E-state index contributed by atoms with van der Waals surface area (Å²) >= 11 is 0. The van der Waals surface area contributed by atoms with Gasteiger partial charge in [-0.3, -0.25) is 14.9 Å². The van der Waals surface area contributed by atoms with Crippen molar-refractivity contribution in [3.05, 3.63) is 39.6 Å². The fourth-order valence-electron chi connectivity index (χ4n) is 2.06. The second kappa shape index (κ2) is 5.03. The molecule has 1 heterocycles. The van der Waals surface area contributed by atoms with E-state index in [-0.39, 0.29) is 17.6 Å². The van der Waals surface area contributed by atoms with Crippen LogP contribution in [0.4, 0.5) is 5.69 Å². The van der Waals surface area contributed by atoms with Crippen molar-refractivity contribution >= 4 is 22.6 Å². The number of non-ortho nitro benzene ring substituents is 1. The first-order valence-corrected chi connectivity index (χ1v) is 5.68. The van der Waals surface area contributed by atoms with Crippen LogP contribution in [0, 0.1) is 22.5 Å². The van der Waals surface area contributed by atoms with E-state index < -0.39 is 16.9 Å². The SMILES string of the molecule is C#Cc1ccc([N+](=O)[O-])c2[nH]cc(C[C@H](N)C(=O)O)c12. The summed E-state index contributed by atoms with van der Waals surface area (Å²) in [4.78, 5) is 24.0. The van der Waals surface area contributed by atoms with Crippen LogP contribution in [-0.2, 0) is 11.2 Å². The lowest BCUT2D eigenvalue weighted by atomic mass is 10.0. The first-order chi connectivity index (χ1) is 9.45. The Balaban J connectivity index is 2.64. The summed E-state index contributed by atoms with van der Waals surface area (Å²) in [6.07, 6.45) is 6.91. The molecular weight excluding hydrogens is 262 g/mol. The fraction of sp³-hybridized carbons (Fsp3) is 0.154. The van der Waals surface area contributed by atoms with Crippen LogP contribution in [0.2, 0.25) is 0 Å². The number of aromatic amines is 1. The molecule has 0 radical (unpaired) electrons. The van der Waals surface area contributed by atoms with Crippen molar-refractivity contribution in [2.24, 2.45) is 5.73 Å². The molecule has 102 valence electrons. The molecule has 0 amide bonds. The highest BCUT2D eigenvalue weighted by atomic mass is 16.6. The summed E-state index contributed by atoms with van der Waals surface area (Å²) in [6, 6.07) is 1.68. The normalized spacial score (nSPS) is 12.0. The minimum Gasteiger partial charge on any atom is -0.480 e. The van der Waals surface area contributed by atoms with Gasteiger partial charge in [0.05, 0.1) is 4.92 Å². The third-order valence-electron chi connectivity index (χ3n) is 3.00. The van der Waals surface area contributed by atoms with E-state index in [4.69, 9.17) is 17.3 Å². The van der Waals surface area contributed by atoms with Crippen LogP contribution in [0.15, 0.2) is 18.3 Å². The van der Waals surface area contributed by atoms with Gasteiger partial charge >= 0.3 is 5.97 Å². The molecule has 0 aliphatic rings. The van der Waals surface area contributed by atoms with Gasteiger partial charge < -0.3 is 15.8 Å². The van der Waals surface area contributed by atoms with Gasteiger partial charge in [-0.05, 0) is 11.6 Å². The molecule has 7 heteroatoms. The maximum Gasteiger partial charge on any atom is 0.320 e. The van der Waals surface area contributed by atoms with E-state index in [0.29, 0.717) is 16.5 Å². The van der Waals surface area contributed by atoms with Crippen LogP contribution in [-0.4, -0.2) is 27.0 Å². The zero-order chi connectivity index (χ0) is 14.9. The lowest BCUT2D eigenvalue weighted by Crippen LogP contribution is -2.32. The molecule has 1 atom stereocenters. The lowest BCUT2D eigenvalue weighted by Gasteiger charge is -2.06. The van der Waals surface area contributed by atoms with Gasteiger partial charge in [-0.15, -0.1) is 6.42 Å². The summed E-state index contributed by atoms with van der Waals surface area (Å²) in [5, 5.41) is 20.3. The Morgan fingerprint density at radius 1 is 1.60 bits per heavy atom. The molecule has 0 unspecified atom stereocenters. The van der Waals surface area contributed by atoms with Gasteiger partial charge in [-0.1, -0.05) is 5.92 Å². The number of aromatic nitrogens is 1. The molecule has 1 aromatic heterocycles. The molecule has 0 saturated heterocycles. The Hall–Kier alpha value is -2.85.